The molecule has 1 aromatic carbocycles. The lowest BCUT2D eigenvalue weighted by molar-refractivity contribution is -0.145. The highest BCUT2D eigenvalue weighted by Gasteiger charge is 2.13. The van der Waals surface area contributed by atoms with E-state index in [1.165, 1.54) is 44.9 Å². The Labute approximate surface area is 158 Å². The Bertz CT molecular complexity index is 499. The highest BCUT2D eigenvalue weighted by atomic mass is 16.5. The highest BCUT2D eigenvalue weighted by molar-refractivity contribution is 5.70. The van der Waals surface area contributed by atoms with Crippen molar-refractivity contribution in [3.8, 4) is 0 Å². The van der Waals surface area contributed by atoms with Gasteiger partial charge in [-0.15, -0.1) is 6.58 Å². The second-order valence-electron chi connectivity index (χ2n) is 6.63. The third kappa shape index (κ3) is 10.2. The van der Waals surface area contributed by atoms with Crippen molar-refractivity contribution in [2.45, 2.75) is 70.8 Å². The van der Waals surface area contributed by atoms with Gasteiger partial charge in [0.15, 0.2) is 0 Å². The zero-order valence-electron chi connectivity index (χ0n) is 16.2. The SMILES string of the molecule is C=CCCCCCCCCCNc1ccc(C(O)CC(=O)OCC)cc1. The maximum Gasteiger partial charge on any atom is 0.308 e. The summed E-state index contributed by atoms with van der Waals surface area (Å²) in [5.41, 5.74) is 1.78. The van der Waals surface area contributed by atoms with Gasteiger partial charge in [0, 0.05) is 12.2 Å². The number of aliphatic hydroxyl groups excluding tert-OH is 1. The average molecular weight is 362 g/mol. The Morgan fingerprint density at radius 3 is 2.35 bits per heavy atom. The Morgan fingerprint density at radius 2 is 1.73 bits per heavy atom. The first-order chi connectivity index (χ1) is 12.7. The second-order valence-corrected chi connectivity index (χ2v) is 6.63. The zero-order valence-corrected chi connectivity index (χ0v) is 16.2. The van der Waals surface area contributed by atoms with Gasteiger partial charge in [0.25, 0.3) is 0 Å². The molecule has 0 radical (unpaired) electrons. The van der Waals surface area contributed by atoms with Crippen LogP contribution in [0, 0.1) is 0 Å². The molecule has 0 fully saturated rings. The molecule has 0 spiro atoms. The van der Waals surface area contributed by atoms with E-state index in [2.05, 4.69) is 11.9 Å². The van der Waals surface area contributed by atoms with Crippen molar-refractivity contribution in [3.05, 3.63) is 42.5 Å². The number of carbonyl (C=O) groups excluding carboxylic acids is 1. The predicted molar refractivity (Wildman–Crippen MR) is 108 cm³/mol. The van der Waals surface area contributed by atoms with Crippen LogP contribution in [0.15, 0.2) is 36.9 Å². The van der Waals surface area contributed by atoms with Crippen LogP contribution in [0.25, 0.3) is 0 Å². The van der Waals surface area contributed by atoms with E-state index in [-0.39, 0.29) is 12.4 Å². The van der Waals surface area contributed by atoms with Crippen LogP contribution in [0.4, 0.5) is 5.69 Å². The molecule has 0 bridgehead atoms. The molecule has 4 heteroatoms. The van der Waals surface area contributed by atoms with E-state index in [0.717, 1.165) is 24.2 Å². The van der Waals surface area contributed by atoms with Crippen LogP contribution < -0.4 is 5.32 Å². The smallest absolute Gasteiger partial charge is 0.308 e. The molecule has 1 unspecified atom stereocenters. The number of nitrogens with one attached hydrogen (secondary N) is 1. The quantitative estimate of drug-likeness (QED) is 0.250. The molecule has 26 heavy (non-hydrogen) atoms. The van der Waals surface area contributed by atoms with Crippen LogP contribution >= 0.6 is 0 Å². The fourth-order valence-corrected chi connectivity index (χ4v) is 2.85. The number of anilines is 1. The summed E-state index contributed by atoms with van der Waals surface area (Å²) >= 11 is 0. The Morgan fingerprint density at radius 1 is 1.12 bits per heavy atom. The number of ether oxygens (including phenoxy) is 1. The van der Waals surface area contributed by atoms with Gasteiger partial charge in [0.2, 0.25) is 0 Å². The van der Waals surface area contributed by atoms with E-state index >= 15 is 0 Å². The third-order valence-corrected chi connectivity index (χ3v) is 4.37. The molecule has 0 aromatic heterocycles. The number of unbranched alkanes of at least 4 members (excludes halogenated alkanes) is 7. The van der Waals surface area contributed by atoms with Gasteiger partial charge >= 0.3 is 5.97 Å². The third-order valence-electron chi connectivity index (χ3n) is 4.37. The van der Waals surface area contributed by atoms with E-state index < -0.39 is 6.10 Å². The number of carbonyl (C=O) groups is 1. The molecule has 4 nitrogen and oxygen atoms in total. The monoisotopic (exact) mass is 361 g/mol. The molecule has 0 saturated heterocycles. The molecule has 0 aliphatic rings. The van der Waals surface area contributed by atoms with Crippen molar-refractivity contribution >= 4 is 11.7 Å². The average Bonchev–Trinajstić information content (AvgIpc) is 2.64. The molecule has 0 saturated carbocycles. The molecule has 1 rings (SSSR count). The van der Waals surface area contributed by atoms with E-state index in [9.17, 15) is 9.90 Å². The van der Waals surface area contributed by atoms with Crippen molar-refractivity contribution in [3.63, 3.8) is 0 Å². The summed E-state index contributed by atoms with van der Waals surface area (Å²) in [4.78, 5) is 11.4. The van der Waals surface area contributed by atoms with Gasteiger partial charge in [-0.1, -0.05) is 50.3 Å². The summed E-state index contributed by atoms with van der Waals surface area (Å²) < 4.78 is 4.86. The molecule has 0 aliphatic heterocycles. The first kappa shape index (κ1) is 22.2. The van der Waals surface area contributed by atoms with Crippen LogP contribution in [0.3, 0.4) is 0 Å². The topological polar surface area (TPSA) is 58.6 Å². The summed E-state index contributed by atoms with van der Waals surface area (Å²) in [6.45, 7) is 6.80. The lowest BCUT2D eigenvalue weighted by atomic mass is 10.1. The van der Waals surface area contributed by atoms with Crippen molar-refractivity contribution in [1.82, 2.24) is 0 Å². The van der Waals surface area contributed by atoms with Crippen molar-refractivity contribution in [2.24, 2.45) is 0 Å². The minimum atomic E-state index is -0.811. The minimum absolute atomic E-state index is 0.00575. The van der Waals surface area contributed by atoms with Crippen LogP contribution in [0.1, 0.15) is 76.4 Å². The predicted octanol–water partition coefficient (Wildman–Crippen LogP) is 5.39. The zero-order chi connectivity index (χ0) is 19.0. The molecule has 2 N–H and O–H groups in total. The number of esters is 1. The fourth-order valence-electron chi connectivity index (χ4n) is 2.85. The first-order valence-electron chi connectivity index (χ1n) is 9.95. The Balaban J connectivity index is 2.13. The molecule has 146 valence electrons. The Kier molecular flexibility index (Phi) is 12.3. The fraction of sp³-hybridized carbons (Fsp3) is 0.591. The number of rotatable bonds is 15. The van der Waals surface area contributed by atoms with E-state index in [1.807, 2.05) is 30.3 Å². The van der Waals surface area contributed by atoms with Gasteiger partial charge in [0.1, 0.15) is 0 Å². The lowest BCUT2D eigenvalue weighted by Crippen LogP contribution is -2.10. The standard InChI is InChI=1S/C22H35NO3/c1-3-5-6-7-8-9-10-11-12-17-23-20-15-13-19(14-16-20)21(24)18-22(25)26-4-2/h3,13-16,21,23-24H,1,4-12,17-18H2,2H3. The van der Waals surface area contributed by atoms with Crippen LogP contribution in [0.5, 0.6) is 0 Å². The van der Waals surface area contributed by atoms with Gasteiger partial charge in [-0.3, -0.25) is 4.79 Å². The summed E-state index contributed by atoms with van der Waals surface area (Å²) in [6.07, 6.45) is 11.3. The molecule has 0 amide bonds. The summed E-state index contributed by atoms with van der Waals surface area (Å²) in [5, 5.41) is 13.5. The largest absolute Gasteiger partial charge is 0.466 e. The van der Waals surface area contributed by atoms with Crippen molar-refractivity contribution in [1.29, 1.82) is 0 Å². The first-order valence-corrected chi connectivity index (χ1v) is 9.95. The van der Waals surface area contributed by atoms with E-state index in [1.54, 1.807) is 6.92 Å². The molecular formula is C22H35NO3. The molecular weight excluding hydrogens is 326 g/mol. The Hall–Kier alpha value is -1.81. The normalized spacial score (nSPS) is 11.8. The van der Waals surface area contributed by atoms with Crippen LogP contribution in [-0.2, 0) is 9.53 Å². The summed E-state index contributed by atoms with van der Waals surface area (Å²) in [5.74, 6) is -0.372. The molecule has 0 heterocycles. The number of allylic oxidation sites excluding steroid dienone is 1. The number of hydrogen-bond donors (Lipinski definition) is 2. The molecule has 1 atom stereocenters. The lowest BCUT2D eigenvalue weighted by Gasteiger charge is -2.12. The van der Waals surface area contributed by atoms with E-state index in [0.29, 0.717) is 6.61 Å². The van der Waals surface area contributed by atoms with Crippen LogP contribution in [0.2, 0.25) is 0 Å². The van der Waals surface area contributed by atoms with E-state index in [4.69, 9.17) is 4.74 Å². The minimum Gasteiger partial charge on any atom is -0.466 e. The summed E-state index contributed by atoms with van der Waals surface area (Å²) in [7, 11) is 0. The number of benzene rings is 1. The second kappa shape index (κ2) is 14.4. The van der Waals surface area contributed by atoms with Crippen LogP contribution in [-0.4, -0.2) is 24.2 Å². The highest BCUT2D eigenvalue weighted by Crippen LogP contribution is 2.19. The van der Waals surface area contributed by atoms with Gasteiger partial charge in [0.05, 0.1) is 19.1 Å². The maximum atomic E-state index is 11.4. The van der Waals surface area contributed by atoms with Gasteiger partial charge in [-0.2, -0.15) is 0 Å². The molecule has 1 aromatic rings. The van der Waals surface area contributed by atoms with Gasteiger partial charge in [-0.05, 0) is 43.9 Å². The van der Waals surface area contributed by atoms with Crippen molar-refractivity contribution < 1.29 is 14.6 Å². The van der Waals surface area contributed by atoms with Gasteiger partial charge in [-0.25, -0.2) is 0 Å². The van der Waals surface area contributed by atoms with Gasteiger partial charge < -0.3 is 15.2 Å². The maximum absolute atomic E-state index is 11.4. The molecule has 0 aliphatic carbocycles. The summed E-state index contributed by atoms with van der Waals surface area (Å²) in [6, 6.07) is 7.61. The number of aliphatic hydroxyl groups is 1. The van der Waals surface area contributed by atoms with Crippen molar-refractivity contribution in [2.75, 3.05) is 18.5 Å². The number of hydrogen-bond acceptors (Lipinski definition) is 4.